The monoisotopic (exact) mass is 353 g/mol. The summed E-state index contributed by atoms with van der Waals surface area (Å²) in [6.45, 7) is 12.4. The SMILES string of the molecule is CCNC(=NCCCN1CC(C)OC(C)C1)NCCNC(=O)C1CC1. The summed E-state index contributed by atoms with van der Waals surface area (Å²) in [4.78, 5) is 18.7. The van der Waals surface area contributed by atoms with Crippen molar-refractivity contribution in [3.63, 3.8) is 0 Å². The lowest BCUT2D eigenvalue weighted by Gasteiger charge is -2.35. The summed E-state index contributed by atoms with van der Waals surface area (Å²) in [5, 5.41) is 9.49. The Hall–Kier alpha value is -1.34. The van der Waals surface area contributed by atoms with Crippen LogP contribution in [0.3, 0.4) is 0 Å². The van der Waals surface area contributed by atoms with E-state index in [9.17, 15) is 4.79 Å². The van der Waals surface area contributed by atoms with Gasteiger partial charge in [-0.15, -0.1) is 0 Å². The number of nitrogens with one attached hydrogen (secondary N) is 3. The molecule has 25 heavy (non-hydrogen) atoms. The molecule has 144 valence electrons. The van der Waals surface area contributed by atoms with Gasteiger partial charge in [0, 0.05) is 51.7 Å². The number of aliphatic imine (C=N–C) groups is 1. The standard InChI is InChI=1S/C18H35N5O2/c1-4-19-18(22-10-9-20-17(24)16-6-7-16)21-8-5-11-23-12-14(2)25-15(3)13-23/h14-16H,4-13H2,1-3H3,(H,20,24)(H2,19,21,22). The topological polar surface area (TPSA) is 78.0 Å². The normalized spacial score (nSPS) is 24.8. The van der Waals surface area contributed by atoms with Gasteiger partial charge in [0.05, 0.1) is 12.2 Å². The van der Waals surface area contributed by atoms with Gasteiger partial charge in [0.25, 0.3) is 0 Å². The van der Waals surface area contributed by atoms with E-state index in [4.69, 9.17) is 4.74 Å². The molecule has 1 saturated heterocycles. The minimum atomic E-state index is 0.192. The first-order chi connectivity index (χ1) is 12.1. The summed E-state index contributed by atoms with van der Waals surface area (Å²) in [6.07, 6.45) is 3.76. The van der Waals surface area contributed by atoms with Crippen LogP contribution < -0.4 is 16.0 Å². The number of nitrogens with zero attached hydrogens (tertiary/aromatic N) is 2. The van der Waals surface area contributed by atoms with E-state index in [2.05, 4.69) is 46.6 Å². The molecule has 1 aliphatic heterocycles. The Bertz CT molecular complexity index is 429. The zero-order valence-corrected chi connectivity index (χ0v) is 16.0. The average Bonchev–Trinajstić information content (AvgIpc) is 3.39. The van der Waals surface area contributed by atoms with Crippen LogP contribution in [0.25, 0.3) is 0 Å². The Morgan fingerprint density at radius 1 is 1.12 bits per heavy atom. The Kier molecular flexibility index (Phi) is 8.48. The van der Waals surface area contributed by atoms with Crippen molar-refractivity contribution in [2.75, 3.05) is 45.8 Å². The molecule has 2 aliphatic rings. The fraction of sp³-hybridized carbons (Fsp3) is 0.889. The number of ether oxygens (including phenoxy) is 1. The largest absolute Gasteiger partial charge is 0.373 e. The molecule has 7 nitrogen and oxygen atoms in total. The van der Waals surface area contributed by atoms with E-state index in [0.29, 0.717) is 25.3 Å². The van der Waals surface area contributed by atoms with Crippen LogP contribution >= 0.6 is 0 Å². The third-order valence-electron chi connectivity index (χ3n) is 4.41. The van der Waals surface area contributed by atoms with E-state index in [-0.39, 0.29) is 11.8 Å². The second-order valence-electron chi connectivity index (χ2n) is 7.12. The fourth-order valence-electron chi connectivity index (χ4n) is 3.15. The average molecular weight is 354 g/mol. The molecule has 7 heteroatoms. The van der Waals surface area contributed by atoms with E-state index in [1.54, 1.807) is 0 Å². The van der Waals surface area contributed by atoms with Crippen molar-refractivity contribution in [1.82, 2.24) is 20.9 Å². The predicted molar refractivity (Wildman–Crippen MR) is 101 cm³/mol. The van der Waals surface area contributed by atoms with Gasteiger partial charge >= 0.3 is 0 Å². The zero-order valence-electron chi connectivity index (χ0n) is 16.0. The summed E-state index contributed by atoms with van der Waals surface area (Å²) < 4.78 is 5.76. The first-order valence-corrected chi connectivity index (χ1v) is 9.76. The predicted octanol–water partition coefficient (Wildman–Crippen LogP) is 0.567. The van der Waals surface area contributed by atoms with Crippen molar-refractivity contribution < 1.29 is 9.53 Å². The van der Waals surface area contributed by atoms with Gasteiger partial charge in [-0.25, -0.2) is 0 Å². The maximum atomic E-state index is 11.6. The molecule has 2 fully saturated rings. The summed E-state index contributed by atoms with van der Waals surface area (Å²) in [7, 11) is 0. The van der Waals surface area contributed by atoms with Crippen LogP contribution in [0.4, 0.5) is 0 Å². The Labute approximate surface area is 152 Å². The van der Waals surface area contributed by atoms with E-state index in [0.717, 1.165) is 57.9 Å². The Balaban J connectivity index is 1.60. The molecule has 0 aromatic carbocycles. The van der Waals surface area contributed by atoms with E-state index in [1.165, 1.54) is 0 Å². The van der Waals surface area contributed by atoms with Crippen LogP contribution in [-0.2, 0) is 9.53 Å². The van der Waals surface area contributed by atoms with E-state index < -0.39 is 0 Å². The zero-order chi connectivity index (χ0) is 18.1. The molecule has 1 aliphatic carbocycles. The van der Waals surface area contributed by atoms with Crippen molar-refractivity contribution in [2.45, 2.75) is 52.2 Å². The molecule has 0 radical (unpaired) electrons. The van der Waals surface area contributed by atoms with Gasteiger partial charge in [0.15, 0.2) is 5.96 Å². The number of rotatable bonds is 9. The van der Waals surface area contributed by atoms with Crippen molar-refractivity contribution in [2.24, 2.45) is 10.9 Å². The molecule has 1 saturated carbocycles. The summed E-state index contributed by atoms with van der Waals surface area (Å²) in [6, 6.07) is 0. The van der Waals surface area contributed by atoms with Crippen molar-refractivity contribution in [3.05, 3.63) is 0 Å². The van der Waals surface area contributed by atoms with Gasteiger partial charge in [-0.1, -0.05) is 0 Å². The van der Waals surface area contributed by atoms with Gasteiger partial charge in [0.1, 0.15) is 0 Å². The molecule has 0 bridgehead atoms. The quantitative estimate of drug-likeness (QED) is 0.321. The van der Waals surface area contributed by atoms with Crippen LogP contribution in [0.1, 0.15) is 40.0 Å². The molecule has 3 N–H and O–H groups in total. The minimum Gasteiger partial charge on any atom is -0.373 e. The van der Waals surface area contributed by atoms with Gasteiger partial charge in [0.2, 0.25) is 5.91 Å². The number of guanidine groups is 1. The van der Waals surface area contributed by atoms with Crippen LogP contribution in [0.15, 0.2) is 4.99 Å². The lowest BCUT2D eigenvalue weighted by atomic mass is 10.2. The number of hydrogen-bond donors (Lipinski definition) is 3. The second-order valence-corrected chi connectivity index (χ2v) is 7.12. The first-order valence-electron chi connectivity index (χ1n) is 9.76. The van der Waals surface area contributed by atoms with Crippen LogP contribution in [0.5, 0.6) is 0 Å². The maximum absolute atomic E-state index is 11.6. The minimum absolute atomic E-state index is 0.192. The third-order valence-corrected chi connectivity index (χ3v) is 4.41. The molecular weight excluding hydrogens is 318 g/mol. The van der Waals surface area contributed by atoms with Crippen molar-refractivity contribution in [3.8, 4) is 0 Å². The number of amides is 1. The van der Waals surface area contributed by atoms with Crippen LogP contribution in [-0.4, -0.2) is 74.8 Å². The molecule has 1 amide bonds. The van der Waals surface area contributed by atoms with Crippen molar-refractivity contribution >= 4 is 11.9 Å². The molecule has 2 atom stereocenters. The summed E-state index contributed by atoms with van der Waals surface area (Å²) in [5.74, 6) is 1.29. The van der Waals surface area contributed by atoms with Gasteiger partial charge in [-0.2, -0.15) is 0 Å². The smallest absolute Gasteiger partial charge is 0.223 e. The molecule has 0 aromatic heterocycles. The third kappa shape index (κ3) is 8.05. The highest BCUT2D eigenvalue weighted by molar-refractivity contribution is 5.81. The number of carbonyl (C=O) groups is 1. The molecule has 2 unspecified atom stereocenters. The highest BCUT2D eigenvalue weighted by Crippen LogP contribution is 2.28. The highest BCUT2D eigenvalue weighted by Gasteiger charge is 2.29. The summed E-state index contributed by atoms with van der Waals surface area (Å²) in [5.41, 5.74) is 0. The van der Waals surface area contributed by atoms with Crippen LogP contribution in [0.2, 0.25) is 0 Å². The lowest BCUT2D eigenvalue weighted by Crippen LogP contribution is -2.45. The number of hydrogen-bond acceptors (Lipinski definition) is 4. The highest BCUT2D eigenvalue weighted by atomic mass is 16.5. The fourth-order valence-corrected chi connectivity index (χ4v) is 3.15. The molecule has 0 aromatic rings. The number of carbonyl (C=O) groups excluding carboxylic acids is 1. The van der Waals surface area contributed by atoms with E-state index in [1.807, 2.05) is 0 Å². The number of morpholine rings is 1. The molecule has 1 heterocycles. The molecular formula is C18H35N5O2. The molecule has 0 spiro atoms. The van der Waals surface area contributed by atoms with Gasteiger partial charge in [-0.3, -0.25) is 14.7 Å². The lowest BCUT2D eigenvalue weighted by molar-refractivity contribution is -0.122. The second kappa shape index (κ2) is 10.6. The summed E-state index contributed by atoms with van der Waals surface area (Å²) >= 11 is 0. The first kappa shape index (κ1) is 20.0. The van der Waals surface area contributed by atoms with Gasteiger partial charge in [-0.05, 0) is 40.0 Å². The Morgan fingerprint density at radius 2 is 1.80 bits per heavy atom. The van der Waals surface area contributed by atoms with Gasteiger partial charge < -0.3 is 20.7 Å². The maximum Gasteiger partial charge on any atom is 0.223 e. The Morgan fingerprint density at radius 3 is 2.44 bits per heavy atom. The van der Waals surface area contributed by atoms with Crippen LogP contribution in [0, 0.1) is 5.92 Å². The molecule has 2 rings (SSSR count). The van der Waals surface area contributed by atoms with Crippen molar-refractivity contribution in [1.29, 1.82) is 0 Å². The van der Waals surface area contributed by atoms with E-state index >= 15 is 0 Å².